The lowest BCUT2D eigenvalue weighted by Crippen LogP contribution is -2.41. The molecular formula is C41H46BCl2F3N12O7S. The van der Waals surface area contributed by atoms with Gasteiger partial charge in [0.25, 0.3) is 5.88 Å². The molecule has 0 saturated carbocycles. The van der Waals surface area contributed by atoms with Gasteiger partial charge in [0.05, 0.1) is 36.1 Å². The number of halogens is 5. The van der Waals surface area contributed by atoms with E-state index in [9.17, 15) is 31.2 Å². The SMILES string of the molecule is Cn1cc(-c2n[nH]c3c2CN(C(=O)Nc2cccc(Cl)c2)CC3)cn1.Cn1cc(B2OC(C)(C)C(C)(C)O2)cn1.O=C(Nc1cccc(Cl)c1)N1CCc2[nH]nc(OS(=O)(=O)C(F)(F)F)c2C1. The van der Waals surface area contributed by atoms with Crippen molar-refractivity contribution in [3.05, 3.63) is 106 Å². The minimum absolute atomic E-state index is 0.0651. The highest BCUT2D eigenvalue weighted by atomic mass is 35.5. The van der Waals surface area contributed by atoms with Crippen molar-refractivity contribution in [3.8, 4) is 17.1 Å². The Balaban J connectivity index is 0.000000155. The van der Waals surface area contributed by atoms with Gasteiger partial charge in [-0.15, -0.1) is 5.10 Å². The smallest absolute Gasteiger partial charge is 0.399 e. The van der Waals surface area contributed by atoms with Crippen molar-refractivity contribution in [2.45, 2.75) is 70.3 Å². The fourth-order valence-corrected chi connectivity index (χ4v) is 7.81. The maximum atomic E-state index is 12.6. The molecule has 2 aromatic carbocycles. The monoisotopic (exact) mass is 988 g/mol. The number of benzene rings is 2. The number of carbonyl (C=O) groups excluding carboxylic acids is 2. The molecule has 4 N–H and O–H groups in total. The molecule has 1 saturated heterocycles. The Hall–Kier alpha value is -6.08. The summed E-state index contributed by atoms with van der Waals surface area (Å²) in [4.78, 5) is 28.0. The van der Waals surface area contributed by atoms with E-state index >= 15 is 0 Å². The number of aromatic nitrogens is 8. The maximum Gasteiger partial charge on any atom is 0.534 e. The Kier molecular flexibility index (Phi) is 14.0. The van der Waals surface area contributed by atoms with Crippen LogP contribution in [0.5, 0.6) is 5.88 Å². The molecule has 3 aliphatic heterocycles. The number of hydrogen-bond acceptors (Lipinski definition) is 11. The number of urea groups is 2. The van der Waals surface area contributed by atoms with Crippen LogP contribution in [-0.2, 0) is 59.5 Å². The summed E-state index contributed by atoms with van der Waals surface area (Å²) in [5.41, 5.74) is 0.301. The molecule has 19 nitrogen and oxygen atoms in total. The Morgan fingerprint density at radius 3 is 1.79 bits per heavy atom. The molecule has 6 aromatic rings. The second-order valence-corrected chi connectivity index (χ2v) is 19.1. The van der Waals surface area contributed by atoms with Gasteiger partial charge >= 0.3 is 34.8 Å². The summed E-state index contributed by atoms with van der Waals surface area (Å²) in [6, 6.07) is 12.8. The average molecular weight is 990 g/mol. The summed E-state index contributed by atoms with van der Waals surface area (Å²) in [5.74, 6) is -0.734. The molecule has 1 fully saturated rings. The molecule has 0 spiro atoms. The molecule has 67 heavy (non-hydrogen) atoms. The lowest BCUT2D eigenvalue weighted by molar-refractivity contribution is -0.0501. The van der Waals surface area contributed by atoms with E-state index < -0.39 is 27.5 Å². The van der Waals surface area contributed by atoms with Crippen molar-refractivity contribution in [3.63, 3.8) is 0 Å². The van der Waals surface area contributed by atoms with E-state index in [1.165, 1.54) is 11.0 Å². The van der Waals surface area contributed by atoms with E-state index in [0.717, 1.165) is 34.4 Å². The number of nitrogens with one attached hydrogen (secondary N) is 4. The molecule has 26 heteroatoms. The molecule has 9 rings (SSSR count). The van der Waals surface area contributed by atoms with Crippen LogP contribution >= 0.6 is 23.2 Å². The Bertz CT molecular complexity index is 2850. The van der Waals surface area contributed by atoms with Crippen LogP contribution in [0.4, 0.5) is 34.1 Å². The van der Waals surface area contributed by atoms with Gasteiger partial charge in [-0.05, 0) is 64.1 Å². The summed E-state index contributed by atoms with van der Waals surface area (Å²) in [5, 5.41) is 28.2. The number of hydrogen-bond donors (Lipinski definition) is 4. The Morgan fingerprint density at radius 2 is 1.30 bits per heavy atom. The van der Waals surface area contributed by atoms with E-state index in [-0.39, 0.29) is 49.4 Å². The van der Waals surface area contributed by atoms with E-state index in [2.05, 4.69) is 45.4 Å². The van der Waals surface area contributed by atoms with E-state index in [1.807, 2.05) is 66.3 Å². The summed E-state index contributed by atoms with van der Waals surface area (Å²) in [6.45, 7) is 9.38. The van der Waals surface area contributed by atoms with Crippen molar-refractivity contribution in [1.82, 2.24) is 49.8 Å². The number of aryl methyl sites for hydroxylation is 2. The number of alkyl halides is 3. The number of carbonyl (C=O) groups is 2. The first-order valence-corrected chi connectivity index (χ1v) is 22.7. The van der Waals surface area contributed by atoms with Crippen LogP contribution in [0.1, 0.15) is 50.2 Å². The number of aromatic amines is 2. The zero-order chi connectivity index (χ0) is 48.5. The lowest BCUT2D eigenvalue weighted by atomic mass is 9.82. The molecule has 4 aromatic heterocycles. The Morgan fingerprint density at radius 1 is 0.791 bits per heavy atom. The minimum Gasteiger partial charge on any atom is -0.399 e. The normalized spacial score (nSPS) is 16.2. The predicted molar refractivity (Wildman–Crippen MR) is 243 cm³/mol. The number of anilines is 2. The van der Waals surface area contributed by atoms with E-state index in [0.29, 0.717) is 40.2 Å². The molecular weight excluding hydrogens is 943 g/mol. The van der Waals surface area contributed by atoms with Crippen LogP contribution < -0.4 is 20.3 Å². The highest BCUT2D eigenvalue weighted by molar-refractivity contribution is 7.88. The van der Waals surface area contributed by atoms with E-state index in [4.69, 9.17) is 32.5 Å². The molecule has 0 radical (unpaired) electrons. The van der Waals surface area contributed by atoms with Gasteiger partial charge in [0, 0.05) is 108 Å². The second-order valence-electron chi connectivity index (χ2n) is 16.7. The van der Waals surface area contributed by atoms with Crippen molar-refractivity contribution in [2.24, 2.45) is 14.1 Å². The summed E-state index contributed by atoms with van der Waals surface area (Å²) < 4.78 is 79.2. The molecule has 7 heterocycles. The first-order valence-electron chi connectivity index (χ1n) is 20.6. The highest BCUT2D eigenvalue weighted by Crippen LogP contribution is 2.37. The van der Waals surface area contributed by atoms with Crippen molar-refractivity contribution in [1.29, 1.82) is 0 Å². The van der Waals surface area contributed by atoms with Crippen molar-refractivity contribution >= 4 is 69.3 Å². The van der Waals surface area contributed by atoms with Crippen LogP contribution in [0.25, 0.3) is 11.3 Å². The number of rotatable bonds is 6. The molecule has 0 atom stereocenters. The van der Waals surface area contributed by atoms with Gasteiger partial charge < -0.3 is 33.9 Å². The quantitative estimate of drug-likeness (QED) is 0.0786. The second kappa shape index (κ2) is 19.3. The van der Waals surface area contributed by atoms with E-state index in [1.54, 1.807) is 57.0 Å². The fraction of sp³-hybridized carbons (Fsp3) is 0.366. The van der Waals surface area contributed by atoms with Gasteiger partial charge in [-0.25, -0.2) is 9.59 Å². The highest BCUT2D eigenvalue weighted by Gasteiger charge is 2.52. The molecule has 0 unspecified atom stereocenters. The first-order chi connectivity index (χ1) is 31.5. The van der Waals surface area contributed by atoms with Crippen LogP contribution in [0.2, 0.25) is 10.0 Å². The number of H-pyrrole nitrogens is 2. The summed E-state index contributed by atoms with van der Waals surface area (Å²) in [6.07, 6.45) is 8.37. The number of fused-ring (bicyclic) bond motifs is 2. The third-order valence-corrected chi connectivity index (χ3v) is 12.7. The van der Waals surface area contributed by atoms with Crippen molar-refractivity contribution < 1.29 is 44.7 Å². The predicted octanol–water partition coefficient (Wildman–Crippen LogP) is 6.65. The first kappa shape index (κ1) is 48.8. The van der Waals surface area contributed by atoms with Crippen LogP contribution in [0, 0.1) is 0 Å². The zero-order valence-electron chi connectivity index (χ0n) is 37.0. The van der Waals surface area contributed by atoms with Gasteiger partial charge in [-0.2, -0.15) is 36.9 Å². The maximum absolute atomic E-state index is 12.6. The topological polar surface area (TPSA) is 220 Å². The molecule has 0 aliphatic carbocycles. The largest absolute Gasteiger partial charge is 0.534 e. The molecule has 4 amide bonds. The minimum atomic E-state index is -5.86. The van der Waals surface area contributed by atoms with Crippen LogP contribution in [-0.4, -0.2) is 107 Å². The zero-order valence-corrected chi connectivity index (χ0v) is 39.3. The van der Waals surface area contributed by atoms with Crippen LogP contribution in [0.15, 0.2) is 73.3 Å². The number of amides is 4. The fourth-order valence-electron chi connectivity index (χ4n) is 6.99. The van der Waals surface area contributed by atoms with Crippen molar-refractivity contribution in [2.75, 3.05) is 23.7 Å². The summed E-state index contributed by atoms with van der Waals surface area (Å²) in [7, 11) is -2.41. The molecule has 3 aliphatic rings. The van der Waals surface area contributed by atoms with Crippen LogP contribution in [0.3, 0.4) is 0 Å². The van der Waals surface area contributed by atoms with Gasteiger partial charge in [-0.3, -0.25) is 19.6 Å². The third-order valence-electron chi connectivity index (χ3n) is 11.3. The van der Waals surface area contributed by atoms with Gasteiger partial charge in [0.1, 0.15) is 5.69 Å². The molecule has 356 valence electrons. The lowest BCUT2D eigenvalue weighted by Gasteiger charge is -2.32. The van der Waals surface area contributed by atoms with Gasteiger partial charge in [0.15, 0.2) is 0 Å². The number of nitrogens with zero attached hydrogens (tertiary/aromatic N) is 8. The van der Waals surface area contributed by atoms with Gasteiger partial charge in [0.2, 0.25) is 0 Å². The van der Waals surface area contributed by atoms with Gasteiger partial charge in [-0.1, -0.05) is 35.3 Å². The Labute approximate surface area is 393 Å². The molecule has 0 bridgehead atoms. The summed E-state index contributed by atoms with van der Waals surface area (Å²) >= 11 is 11.8. The average Bonchev–Trinajstić information content (AvgIpc) is 4.09. The standard InChI is InChI=1S/C17H17ClN6O.C14H12ClF3N4O4S.C10H17BN2O2/c1-23-9-11(8-19-23)16-14-10-24(6-5-15(14)21-22-16)17(25)20-13-4-2-3-12(18)7-13;15-8-2-1-3-9(6-8)19-13(23)22-5-4-11-10(7-22)12(21-20-11)26-27(24,25)14(16,17)18;1-9(2)10(3,4)15-11(14-9)8-6-12-13(5)7-8/h2-4,7-9H,5-6,10H2,1H3,(H,20,25)(H,21,22);1-3,6H,4-5,7H2,(H,19,23)(H,20,21);6-7H,1-5H3. The third kappa shape index (κ3) is 11.4.